The van der Waals surface area contributed by atoms with Crippen LogP contribution in [0, 0.1) is 17.8 Å². The van der Waals surface area contributed by atoms with Crippen LogP contribution < -0.4 is 29.6 Å². The van der Waals surface area contributed by atoms with Gasteiger partial charge in [-0.3, -0.25) is 19.1 Å². The van der Waals surface area contributed by atoms with Crippen LogP contribution in [0.3, 0.4) is 0 Å². The summed E-state index contributed by atoms with van der Waals surface area (Å²) in [6, 6.07) is 4.51. The van der Waals surface area contributed by atoms with Crippen LogP contribution in [0.5, 0.6) is 17.4 Å². The Morgan fingerprint density at radius 3 is 2.52 bits per heavy atom. The average molecular weight is 742 g/mol. The minimum Gasteiger partial charge on any atom is -0.497 e. The summed E-state index contributed by atoms with van der Waals surface area (Å²) in [5, 5.41) is 15.6. The molecular weight excluding hydrogens is 694 g/mol. The van der Waals surface area contributed by atoms with Gasteiger partial charge in [0.2, 0.25) is 27.7 Å². The van der Waals surface area contributed by atoms with Crippen molar-refractivity contribution in [2.24, 2.45) is 17.8 Å². The maximum Gasteiger partial charge on any atom is 0.405 e. The monoisotopic (exact) mass is 741 g/mol. The first-order chi connectivity index (χ1) is 24.6. The number of carboxylic acid groups (broad SMARTS) is 1. The minimum absolute atomic E-state index is 0.000983. The van der Waals surface area contributed by atoms with E-state index in [4.69, 9.17) is 14.2 Å². The quantitative estimate of drug-likeness (QED) is 0.290. The molecular formula is C36H47N5O10S. The average Bonchev–Trinajstić information content (AvgIpc) is 3.98. The summed E-state index contributed by atoms with van der Waals surface area (Å²) < 4.78 is 44.7. The molecule has 16 heteroatoms. The van der Waals surface area contributed by atoms with E-state index in [0.29, 0.717) is 48.1 Å². The Labute approximate surface area is 302 Å². The van der Waals surface area contributed by atoms with Gasteiger partial charge in [-0.25, -0.2) is 18.2 Å². The lowest BCUT2D eigenvalue weighted by atomic mass is 9.88. The molecule has 2 aliphatic carbocycles. The zero-order valence-corrected chi connectivity index (χ0v) is 30.8. The third-order valence-electron chi connectivity index (χ3n) is 11.0. The molecule has 4 aliphatic rings. The Bertz CT molecular complexity index is 1890. The SMILES string of the molecule is COc1ccc2c(O[C@@H]3C[C@H]4C(=O)N[C@]5(C(=O)NS(=O)(=O)C6(C)CC6)C[C@H]5/C=C\CC[C@@H](C)C[C@@H](C)[C@H](NC(=O)O)C(=O)N4C3)cc(OC)nc2c1. The van der Waals surface area contributed by atoms with Crippen LogP contribution in [0.25, 0.3) is 10.9 Å². The van der Waals surface area contributed by atoms with Crippen LogP contribution in [0.2, 0.25) is 0 Å². The highest BCUT2D eigenvalue weighted by Crippen LogP contribution is 2.47. The van der Waals surface area contributed by atoms with Gasteiger partial charge in [0.1, 0.15) is 35.2 Å². The molecule has 15 nitrogen and oxygen atoms in total. The molecule has 52 heavy (non-hydrogen) atoms. The molecule has 1 aromatic heterocycles. The molecule has 0 unspecified atom stereocenters. The fraction of sp³-hybridized carbons (Fsp3) is 0.583. The second-order valence-electron chi connectivity index (χ2n) is 14.9. The first-order valence-corrected chi connectivity index (χ1v) is 19.1. The molecule has 0 bridgehead atoms. The molecule has 1 aromatic carbocycles. The predicted octanol–water partition coefficient (Wildman–Crippen LogP) is 3.12. The zero-order chi connectivity index (χ0) is 37.6. The van der Waals surface area contributed by atoms with Gasteiger partial charge in [-0.15, -0.1) is 0 Å². The van der Waals surface area contributed by atoms with Gasteiger partial charge < -0.3 is 34.9 Å². The Kier molecular flexibility index (Phi) is 10.1. The number of hydrogen-bond acceptors (Lipinski definition) is 10. The number of pyridine rings is 1. The van der Waals surface area contributed by atoms with Crippen molar-refractivity contribution in [3.8, 4) is 17.4 Å². The number of nitrogens with zero attached hydrogens (tertiary/aromatic N) is 2. The number of carbonyl (C=O) groups excluding carboxylic acids is 3. The molecule has 4 amide bonds. The summed E-state index contributed by atoms with van der Waals surface area (Å²) in [5.41, 5.74) is -1.02. The van der Waals surface area contributed by atoms with Crippen LogP contribution in [-0.2, 0) is 24.4 Å². The number of carbonyl (C=O) groups is 4. The summed E-state index contributed by atoms with van der Waals surface area (Å²) in [6.45, 7) is 5.33. The van der Waals surface area contributed by atoms with Gasteiger partial charge in [0.25, 0.3) is 5.91 Å². The number of amides is 4. The number of ether oxygens (including phenoxy) is 3. The van der Waals surface area contributed by atoms with E-state index >= 15 is 0 Å². The summed E-state index contributed by atoms with van der Waals surface area (Å²) in [7, 11) is -1.00. The van der Waals surface area contributed by atoms with Gasteiger partial charge in [-0.05, 0) is 69.4 Å². The lowest BCUT2D eigenvalue weighted by molar-refractivity contribution is -0.142. The van der Waals surface area contributed by atoms with Gasteiger partial charge in [0, 0.05) is 29.9 Å². The molecule has 2 aromatic rings. The van der Waals surface area contributed by atoms with Crippen molar-refractivity contribution in [2.75, 3.05) is 20.8 Å². The van der Waals surface area contributed by atoms with E-state index in [1.807, 2.05) is 19.1 Å². The number of nitrogens with one attached hydrogen (secondary N) is 3. The van der Waals surface area contributed by atoms with Crippen molar-refractivity contribution in [3.05, 3.63) is 36.4 Å². The molecule has 3 fully saturated rings. The maximum absolute atomic E-state index is 14.4. The van der Waals surface area contributed by atoms with Crippen LogP contribution in [-0.4, -0.2) is 96.5 Å². The molecule has 6 rings (SSSR count). The van der Waals surface area contributed by atoms with Crippen molar-refractivity contribution in [3.63, 3.8) is 0 Å². The van der Waals surface area contributed by atoms with Crippen LogP contribution in [0.4, 0.5) is 4.79 Å². The van der Waals surface area contributed by atoms with E-state index in [9.17, 15) is 32.7 Å². The van der Waals surface area contributed by atoms with Gasteiger partial charge in [0.15, 0.2) is 0 Å². The summed E-state index contributed by atoms with van der Waals surface area (Å²) >= 11 is 0. The fourth-order valence-corrected chi connectivity index (χ4v) is 8.70. The van der Waals surface area contributed by atoms with Crippen molar-refractivity contribution >= 4 is 44.7 Å². The first-order valence-electron chi connectivity index (χ1n) is 17.6. The third kappa shape index (κ3) is 7.34. The van der Waals surface area contributed by atoms with Gasteiger partial charge >= 0.3 is 6.09 Å². The normalized spacial score (nSPS) is 30.8. The molecule has 1 saturated heterocycles. The highest BCUT2D eigenvalue weighted by atomic mass is 32.2. The molecule has 3 heterocycles. The topological polar surface area (TPSA) is 203 Å². The van der Waals surface area contributed by atoms with Crippen molar-refractivity contribution in [1.29, 1.82) is 0 Å². The smallest absolute Gasteiger partial charge is 0.405 e. The molecule has 282 valence electrons. The Morgan fingerprint density at radius 2 is 1.85 bits per heavy atom. The van der Waals surface area contributed by atoms with E-state index in [-0.39, 0.29) is 31.2 Å². The van der Waals surface area contributed by atoms with E-state index in [2.05, 4.69) is 20.3 Å². The molecule has 0 spiro atoms. The number of benzene rings is 1. The molecule has 2 saturated carbocycles. The van der Waals surface area contributed by atoms with Crippen LogP contribution in [0.1, 0.15) is 65.7 Å². The first kappa shape index (κ1) is 37.2. The number of fused-ring (bicyclic) bond motifs is 3. The molecule has 4 N–H and O–H groups in total. The van der Waals surface area contributed by atoms with E-state index < -0.39 is 74.1 Å². The van der Waals surface area contributed by atoms with Gasteiger partial charge in [-0.1, -0.05) is 26.0 Å². The van der Waals surface area contributed by atoms with E-state index in [1.54, 1.807) is 38.1 Å². The van der Waals surface area contributed by atoms with E-state index in [1.165, 1.54) is 19.1 Å². The van der Waals surface area contributed by atoms with Crippen molar-refractivity contribution in [1.82, 2.24) is 25.2 Å². The Morgan fingerprint density at radius 1 is 1.10 bits per heavy atom. The lowest BCUT2D eigenvalue weighted by Gasteiger charge is -2.32. The second-order valence-corrected chi connectivity index (χ2v) is 17.1. The minimum atomic E-state index is -4.01. The Hall–Kier alpha value is -4.60. The van der Waals surface area contributed by atoms with Gasteiger partial charge in [0.05, 0.1) is 31.0 Å². The molecule has 0 radical (unpaired) electrons. The number of aromatic nitrogens is 1. The largest absolute Gasteiger partial charge is 0.497 e. The Balaban J connectivity index is 1.35. The van der Waals surface area contributed by atoms with Gasteiger partial charge in [-0.2, -0.15) is 0 Å². The lowest BCUT2D eigenvalue weighted by Crippen LogP contribution is -2.59. The second kappa shape index (κ2) is 14.1. The number of allylic oxidation sites excluding steroid dienone is 1. The highest BCUT2D eigenvalue weighted by molar-refractivity contribution is 7.91. The van der Waals surface area contributed by atoms with Crippen molar-refractivity contribution < 1.29 is 46.9 Å². The molecule has 7 atom stereocenters. The standard InChI is InChI=1S/C36H47N5O10S/c1-20-8-6-7-9-22-18-36(22,33(44)40-52(47,48)35(3)12-13-35)39-31(42)27-16-24(19-41(27)32(43)30(21(2)14-20)38-34(45)46)51-28-17-29(50-5)37-26-15-23(49-4)10-11-25(26)28/h7,9-11,15,17,20-22,24,27,30,38H,6,8,12-14,16,18-19H2,1-5H3,(H,39,42)(H,40,44)(H,45,46)/b9-7-/t20-,21-,22-,24-,27+,30+,36-/m1/s1. The summed E-state index contributed by atoms with van der Waals surface area (Å²) in [6.07, 6.45) is 4.59. The summed E-state index contributed by atoms with van der Waals surface area (Å²) in [4.78, 5) is 60.4. The summed E-state index contributed by atoms with van der Waals surface area (Å²) in [5.74, 6) is -1.65. The maximum atomic E-state index is 14.4. The fourth-order valence-electron chi connectivity index (χ4n) is 7.39. The molecule has 2 aliphatic heterocycles. The number of methoxy groups -OCH3 is 2. The number of sulfonamides is 1. The zero-order valence-electron chi connectivity index (χ0n) is 30.0. The van der Waals surface area contributed by atoms with Crippen molar-refractivity contribution in [2.45, 2.75) is 94.2 Å². The highest BCUT2D eigenvalue weighted by Gasteiger charge is 2.63. The van der Waals surface area contributed by atoms with Crippen LogP contribution in [0.15, 0.2) is 36.4 Å². The predicted molar refractivity (Wildman–Crippen MR) is 189 cm³/mol. The number of hydrogen-bond donors (Lipinski definition) is 4. The third-order valence-corrected chi connectivity index (χ3v) is 13.1. The van der Waals surface area contributed by atoms with Crippen LogP contribution >= 0.6 is 0 Å². The number of rotatable bonds is 8. The van der Waals surface area contributed by atoms with E-state index in [0.717, 1.165) is 6.42 Å².